The molecule has 2 aromatic rings. The molecule has 124 valence electrons. The maximum absolute atomic E-state index is 12.4. The van der Waals surface area contributed by atoms with Gasteiger partial charge in [0, 0.05) is 37.7 Å². The number of piperidine rings is 1. The summed E-state index contributed by atoms with van der Waals surface area (Å²) in [4.78, 5) is 28.9. The number of benzene rings is 1. The van der Waals surface area contributed by atoms with E-state index in [0.717, 1.165) is 24.9 Å². The van der Waals surface area contributed by atoms with Crippen LogP contribution < -0.4 is 4.74 Å². The molecule has 0 spiro atoms. The van der Waals surface area contributed by atoms with Crippen LogP contribution in [0.15, 0.2) is 42.6 Å². The van der Waals surface area contributed by atoms with Gasteiger partial charge in [-0.25, -0.2) is 0 Å². The third-order valence-corrected chi connectivity index (χ3v) is 4.19. The molecule has 0 N–H and O–H groups in total. The molecule has 0 aliphatic carbocycles. The molecule has 1 aliphatic heterocycles. The van der Waals surface area contributed by atoms with Crippen molar-refractivity contribution in [2.24, 2.45) is 0 Å². The second-order valence-electron chi connectivity index (χ2n) is 6.02. The predicted octanol–water partition coefficient (Wildman–Crippen LogP) is 2.89. The van der Waals surface area contributed by atoms with E-state index in [0.29, 0.717) is 24.3 Å². The van der Waals surface area contributed by atoms with Crippen molar-refractivity contribution in [2.45, 2.75) is 25.9 Å². The first-order valence-electron chi connectivity index (χ1n) is 8.09. The highest BCUT2D eigenvalue weighted by molar-refractivity contribution is 5.92. The van der Waals surface area contributed by atoms with Crippen LogP contribution in [0.4, 0.5) is 0 Å². The molecule has 0 atom stereocenters. The fourth-order valence-electron chi connectivity index (χ4n) is 2.75. The Labute approximate surface area is 141 Å². The van der Waals surface area contributed by atoms with Gasteiger partial charge in [0.15, 0.2) is 6.29 Å². The fourth-order valence-corrected chi connectivity index (χ4v) is 2.75. The molecule has 5 heteroatoms. The van der Waals surface area contributed by atoms with Crippen LogP contribution in [0.3, 0.4) is 0 Å². The van der Waals surface area contributed by atoms with Crippen LogP contribution in [0.5, 0.6) is 5.75 Å². The van der Waals surface area contributed by atoms with Gasteiger partial charge < -0.3 is 9.64 Å². The van der Waals surface area contributed by atoms with Crippen molar-refractivity contribution in [3.8, 4) is 5.75 Å². The quantitative estimate of drug-likeness (QED) is 0.812. The van der Waals surface area contributed by atoms with E-state index < -0.39 is 0 Å². The summed E-state index contributed by atoms with van der Waals surface area (Å²) in [5, 5.41) is 0. The first-order chi connectivity index (χ1) is 11.7. The lowest BCUT2D eigenvalue weighted by molar-refractivity contribution is 0.0590. The molecule has 24 heavy (non-hydrogen) atoms. The van der Waals surface area contributed by atoms with Crippen molar-refractivity contribution in [1.29, 1.82) is 0 Å². The molecule has 0 unspecified atom stereocenters. The Morgan fingerprint density at radius 1 is 1.17 bits per heavy atom. The molecule has 1 amide bonds. The number of rotatable bonds is 4. The number of hydrogen-bond acceptors (Lipinski definition) is 4. The average Bonchev–Trinajstić information content (AvgIpc) is 2.64. The minimum absolute atomic E-state index is 0.0961. The topological polar surface area (TPSA) is 59.5 Å². The molecule has 1 fully saturated rings. The third kappa shape index (κ3) is 3.79. The van der Waals surface area contributed by atoms with Gasteiger partial charge >= 0.3 is 0 Å². The summed E-state index contributed by atoms with van der Waals surface area (Å²) in [7, 11) is 0. The normalized spacial score (nSPS) is 15.1. The number of amides is 1. The van der Waals surface area contributed by atoms with Crippen LogP contribution in [0, 0.1) is 6.92 Å². The lowest BCUT2D eigenvalue weighted by atomic mass is 10.1. The highest BCUT2D eigenvalue weighted by Crippen LogP contribution is 2.20. The number of carbonyl (C=O) groups is 2. The first-order valence-corrected chi connectivity index (χ1v) is 8.09. The van der Waals surface area contributed by atoms with E-state index in [4.69, 9.17) is 4.74 Å². The van der Waals surface area contributed by atoms with Gasteiger partial charge in [-0.05, 0) is 31.2 Å². The van der Waals surface area contributed by atoms with Gasteiger partial charge in [0.25, 0.3) is 5.91 Å². The molecule has 1 aromatic carbocycles. The van der Waals surface area contributed by atoms with Gasteiger partial charge in [-0.15, -0.1) is 0 Å². The fraction of sp³-hybridized carbons (Fsp3) is 0.316. The molecule has 1 aromatic heterocycles. The van der Waals surface area contributed by atoms with Gasteiger partial charge in [-0.3, -0.25) is 14.6 Å². The largest absolute Gasteiger partial charge is 0.490 e. The van der Waals surface area contributed by atoms with E-state index >= 15 is 0 Å². The number of aromatic nitrogens is 1. The summed E-state index contributed by atoms with van der Waals surface area (Å²) < 4.78 is 5.98. The van der Waals surface area contributed by atoms with Crippen molar-refractivity contribution < 1.29 is 14.3 Å². The van der Waals surface area contributed by atoms with E-state index in [2.05, 4.69) is 4.98 Å². The zero-order valence-electron chi connectivity index (χ0n) is 13.6. The maximum Gasteiger partial charge on any atom is 0.272 e. The zero-order valence-corrected chi connectivity index (χ0v) is 13.6. The summed E-state index contributed by atoms with van der Waals surface area (Å²) in [5.41, 5.74) is 2.05. The van der Waals surface area contributed by atoms with Gasteiger partial charge in [-0.2, -0.15) is 0 Å². The van der Waals surface area contributed by atoms with E-state index in [-0.39, 0.29) is 12.0 Å². The molecule has 0 radical (unpaired) electrons. The molecular weight excluding hydrogens is 304 g/mol. The Balaban J connectivity index is 1.54. The minimum atomic E-state index is -0.0961. The zero-order chi connectivity index (χ0) is 16.9. The number of carbonyl (C=O) groups excluding carboxylic acids is 2. The van der Waals surface area contributed by atoms with Crippen molar-refractivity contribution in [1.82, 2.24) is 9.88 Å². The standard InChI is InChI=1S/C19H20N2O3/c1-14-2-5-16(6-3-14)24-17-8-10-21(11-9-17)19(23)18-7-4-15(13-22)12-20-18/h2-7,12-13,17H,8-11H2,1H3. The van der Waals surface area contributed by atoms with Gasteiger partial charge in [0.05, 0.1) is 0 Å². The molecule has 5 nitrogen and oxygen atoms in total. The lowest BCUT2D eigenvalue weighted by Crippen LogP contribution is -2.42. The summed E-state index contributed by atoms with van der Waals surface area (Å²) >= 11 is 0. The Bertz CT molecular complexity index is 702. The van der Waals surface area contributed by atoms with Gasteiger partial charge in [0.1, 0.15) is 17.5 Å². The molecule has 0 saturated carbocycles. The highest BCUT2D eigenvalue weighted by Gasteiger charge is 2.25. The Morgan fingerprint density at radius 3 is 2.46 bits per heavy atom. The number of nitrogens with zero attached hydrogens (tertiary/aromatic N) is 2. The second-order valence-corrected chi connectivity index (χ2v) is 6.02. The Kier molecular flexibility index (Phi) is 4.89. The van der Waals surface area contributed by atoms with Gasteiger partial charge in [0.2, 0.25) is 0 Å². The van der Waals surface area contributed by atoms with E-state index in [1.807, 2.05) is 31.2 Å². The van der Waals surface area contributed by atoms with Crippen LogP contribution in [0.25, 0.3) is 0 Å². The van der Waals surface area contributed by atoms with Gasteiger partial charge in [-0.1, -0.05) is 17.7 Å². The predicted molar refractivity (Wildman–Crippen MR) is 90.4 cm³/mol. The number of likely N-dealkylation sites (tertiary alicyclic amines) is 1. The smallest absolute Gasteiger partial charge is 0.272 e. The molecule has 3 rings (SSSR count). The molecule has 0 bridgehead atoms. The molecule has 1 saturated heterocycles. The lowest BCUT2D eigenvalue weighted by Gasteiger charge is -2.32. The maximum atomic E-state index is 12.4. The van der Waals surface area contributed by atoms with Crippen molar-refractivity contribution in [3.63, 3.8) is 0 Å². The molecular formula is C19H20N2O3. The summed E-state index contributed by atoms with van der Waals surface area (Å²) in [5.74, 6) is 0.776. The SMILES string of the molecule is Cc1ccc(OC2CCN(C(=O)c3ccc(C=O)cn3)CC2)cc1. The first kappa shape index (κ1) is 16.2. The van der Waals surface area contributed by atoms with E-state index in [9.17, 15) is 9.59 Å². The second kappa shape index (κ2) is 7.25. The van der Waals surface area contributed by atoms with E-state index in [1.165, 1.54) is 11.8 Å². The number of aldehydes is 1. The van der Waals surface area contributed by atoms with Crippen LogP contribution in [0.2, 0.25) is 0 Å². The van der Waals surface area contributed by atoms with Crippen molar-refractivity contribution in [3.05, 3.63) is 59.4 Å². The van der Waals surface area contributed by atoms with Crippen LogP contribution in [-0.4, -0.2) is 41.3 Å². The monoisotopic (exact) mass is 324 g/mol. The Morgan fingerprint density at radius 2 is 1.88 bits per heavy atom. The van der Waals surface area contributed by atoms with Crippen molar-refractivity contribution in [2.75, 3.05) is 13.1 Å². The Hall–Kier alpha value is -2.69. The van der Waals surface area contributed by atoms with Crippen molar-refractivity contribution >= 4 is 12.2 Å². The number of hydrogen-bond donors (Lipinski definition) is 0. The summed E-state index contributed by atoms with van der Waals surface area (Å²) in [6, 6.07) is 11.2. The molecule has 2 heterocycles. The number of aryl methyl sites for hydroxylation is 1. The number of pyridine rings is 1. The highest BCUT2D eigenvalue weighted by atomic mass is 16.5. The minimum Gasteiger partial charge on any atom is -0.490 e. The summed E-state index contributed by atoms with van der Waals surface area (Å²) in [6.07, 6.45) is 3.86. The van der Waals surface area contributed by atoms with Crippen LogP contribution >= 0.6 is 0 Å². The third-order valence-electron chi connectivity index (χ3n) is 4.19. The van der Waals surface area contributed by atoms with E-state index in [1.54, 1.807) is 17.0 Å². The average molecular weight is 324 g/mol. The van der Waals surface area contributed by atoms with Crippen LogP contribution in [-0.2, 0) is 0 Å². The molecule has 1 aliphatic rings. The summed E-state index contributed by atoms with van der Waals surface area (Å²) in [6.45, 7) is 3.34. The van der Waals surface area contributed by atoms with Crippen LogP contribution in [0.1, 0.15) is 39.3 Å². The number of ether oxygens (including phenoxy) is 1.